The quantitative estimate of drug-likeness (QED) is 0.920. The summed E-state index contributed by atoms with van der Waals surface area (Å²) in [7, 11) is 0. The van der Waals surface area contributed by atoms with Crippen molar-refractivity contribution >= 4 is 22.9 Å². The number of rotatable bonds is 2. The maximum Gasteiger partial charge on any atom is 0.236 e. The third-order valence-electron chi connectivity index (χ3n) is 4.34. The summed E-state index contributed by atoms with van der Waals surface area (Å²) in [5.74, 6) is 0.158. The molecule has 1 N–H and O–H groups in total. The normalized spacial score (nSPS) is 25.1. The maximum atomic E-state index is 12.5. The van der Waals surface area contributed by atoms with Crippen LogP contribution < -0.4 is 5.32 Å². The van der Waals surface area contributed by atoms with Gasteiger partial charge in [-0.25, -0.2) is 0 Å². The second-order valence-corrected chi connectivity index (χ2v) is 6.48. The van der Waals surface area contributed by atoms with Crippen molar-refractivity contribution in [2.24, 2.45) is 0 Å². The van der Waals surface area contributed by atoms with Gasteiger partial charge < -0.3 is 5.32 Å². The fraction of sp³-hybridized carbons (Fsp3) is 0.333. The van der Waals surface area contributed by atoms with E-state index in [1.807, 2.05) is 29.9 Å². The Bertz CT molecular complexity index is 655. The summed E-state index contributed by atoms with van der Waals surface area (Å²) < 4.78 is 0. The second kappa shape index (κ2) is 4.40. The van der Waals surface area contributed by atoms with E-state index in [4.69, 9.17) is 0 Å². The molecule has 0 radical (unpaired) electrons. The largest absolute Gasteiger partial charge is 0.325 e. The number of thiazole rings is 1. The standard InChI is InChI=1S/C15H15N3OS/c19-14-15(12-3-1-2-4-13(12)17-14)5-6-18(9-15)8-11-7-16-10-20-11/h1-4,7,10H,5-6,8-9H2,(H,17,19). The molecule has 5 heteroatoms. The molecule has 3 heterocycles. The Labute approximate surface area is 121 Å². The molecule has 0 bridgehead atoms. The Balaban J connectivity index is 1.62. The SMILES string of the molecule is O=C1Nc2ccccc2C12CCN(Cc1cncs1)C2. The number of aromatic nitrogens is 1. The first-order valence-electron chi connectivity index (χ1n) is 6.79. The van der Waals surface area contributed by atoms with Crippen LogP contribution in [0.3, 0.4) is 0 Å². The Morgan fingerprint density at radius 3 is 3.15 bits per heavy atom. The Morgan fingerprint density at radius 1 is 1.40 bits per heavy atom. The number of benzene rings is 1. The van der Waals surface area contributed by atoms with Crippen molar-refractivity contribution in [1.82, 2.24) is 9.88 Å². The topological polar surface area (TPSA) is 45.2 Å². The fourth-order valence-electron chi connectivity index (χ4n) is 3.34. The van der Waals surface area contributed by atoms with Crippen LogP contribution in [0, 0.1) is 0 Å². The lowest BCUT2D eigenvalue weighted by molar-refractivity contribution is -0.120. The number of nitrogens with one attached hydrogen (secondary N) is 1. The lowest BCUT2D eigenvalue weighted by Crippen LogP contribution is -2.37. The summed E-state index contributed by atoms with van der Waals surface area (Å²) in [5.41, 5.74) is 3.66. The van der Waals surface area contributed by atoms with Crippen molar-refractivity contribution in [3.63, 3.8) is 0 Å². The van der Waals surface area contributed by atoms with Gasteiger partial charge in [-0.05, 0) is 24.6 Å². The average Bonchev–Trinajstić information content (AvgIpc) is 3.15. The number of carbonyl (C=O) groups is 1. The second-order valence-electron chi connectivity index (χ2n) is 5.51. The molecule has 2 aromatic rings. The van der Waals surface area contributed by atoms with E-state index in [1.165, 1.54) is 4.88 Å². The molecule has 1 unspecified atom stereocenters. The lowest BCUT2D eigenvalue weighted by atomic mass is 9.81. The van der Waals surface area contributed by atoms with Crippen LogP contribution in [-0.2, 0) is 16.8 Å². The molecule has 2 aliphatic rings. The molecule has 1 spiro atoms. The number of nitrogens with zero attached hydrogens (tertiary/aromatic N) is 2. The summed E-state index contributed by atoms with van der Waals surface area (Å²) in [6.07, 6.45) is 2.81. The maximum absolute atomic E-state index is 12.5. The number of hydrogen-bond acceptors (Lipinski definition) is 4. The molecule has 20 heavy (non-hydrogen) atoms. The van der Waals surface area contributed by atoms with Crippen LogP contribution in [0.5, 0.6) is 0 Å². The van der Waals surface area contributed by atoms with Crippen molar-refractivity contribution in [3.8, 4) is 0 Å². The Morgan fingerprint density at radius 2 is 2.30 bits per heavy atom. The number of para-hydroxylation sites is 1. The van der Waals surface area contributed by atoms with Gasteiger partial charge in [-0.3, -0.25) is 14.7 Å². The van der Waals surface area contributed by atoms with E-state index in [-0.39, 0.29) is 11.3 Å². The van der Waals surface area contributed by atoms with Gasteiger partial charge in [0.2, 0.25) is 5.91 Å². The molecule has 102 valence electrons. The van der Waals surface area contributed by atoms with E-state index >= 15 is 0 Å². The third kappa shape index (κ3) is 1.70. The summed E-state index contributed by atoms with van der Waals surface area (Å²) in [6, 6.07) is 8.08. The van der Waals surface area contributed by atoms with E-state index in [9.17, 15) is 4.79 Å². The predicted molar refractivity (Wildman–Crippen MR) is 78.8 cm³/mol. The molecule has 1 saturated heterocycles. The third-order valence-corrected chi connectivity index (χ3v) is 5.10. The van der Waals surface area contributed by atoms with Crippen LogP contribution in [0.15, 0.2) is 36.0 Å². The highest BCUT2D eigenvalue weighted by Crippen LogP contribution is 2.44. The van der Waals surface area contributed by atoms with Gasteiger partial charge in [0, 0.05) is 29.9 Å². The number of likely N-dealkylation sites (tertiary alicyclic amines) is 1. The van der Waals surface area contributed by atoms with Crippen LogP contribution >= 0.6 is 11.3 Å². The van der Waals surface area contributed by atoms with Crippen molar-refractivity contribution in [1.29, 1.82) is 0 Å². The van der Waals surface area contributed by atoms with E-state index in [1.54, 1.807) is 11.3 Å². The zero-order chi connectivity index (χ0) is 13.6. The highest BCUT2D eigenvalue weighted by atomic mass is 32.1. The van der Waals surface area contributed by atoms with E-state index in [0.29, 0.717) is 0 Å². The summed E-state index contributed by atoms with van der Waals surface area (Å²) in [6.45, 7) is 2.65. The molecule has 1 aromatic heterocycles. The molecule has 4 rings (SSSR count). The fourth-order valence-corrected chi connectivity index (χ4v) is 3.98. The van der Waals surface area contributed by atoms with Gasteiger partial charge in [0.25, 0.3) is 0 Å². The highest BCUT2D eigenvalue weighted by Gasteiger charge is 2.50. The Hall–Kier alpha value is -1.72. The smallest absolute Gasteiger partial charge is 0.236 e. The number of fused-ring (bicyclic) bond motifs is 2. The van der Waals surface area contributed by atoms with Crippen LogP contribution in [0.4, 0.5) is 5.69 Å². The molecule has 0 saturated carbocycles. The van der Waals surface area contributed by atoms with Crippen LogP contribution in [-0.4, -0.2) is 28.9 Å². The average molecular weight is 285 g/mol. The zero-order valence-electron chi connectivity index (χ0n) is 11.0. The first-order valence-corrected chi connectivity index (χ1v) is 7.67. The summed E-state index contributed by atoms with van der Waals surface area (Å²) in [4.78, 5) is 20.2. The minimum Gasteiger partial charge on any atom is -0.325 e. The molecule has 2 aliphatic heterocycles. The Kier molecular flexibility index (Phi) is 2.65. The van der Waals surface area contributed by atoms with Gasteiger partial charge in [0.15, 0.2) is 0 Å². The van der Waals surface area contributed by atoms with Gasteiger partial charge in [0.1, 0.15) is 0 Å². The van der Waals surface area contributed by atoms with Gasteiger partial charge in [-0.15, -0.1) is 11.3 Å². The van der Waals surface area contributed by atoms with Crippen molar-refractivity contribution < 1.29 is 4.79 Å². The minimum atomic E-state index is -0.346. The minimum absolute atomic E-state index is 0.158. The molecular weight excluding hydrogens is 270 g/mol. The molecule has 1 amide bonds. The summed E-state index contributed by atoms with van der Waals surface area (Å²) >= 11 is 1.67. The van der Waals surface area contributed by atoms with E-state index in [0.717, 1.165) is 37.3 Å². The van der Waals surface area contributed by atoms with Gasteiger partial charge in [0.05, 0.1) is 10.9 Å². The predicted octanol–water partition coefficient (Wildman–Crippen LogP) is 2.24. The number of hydrogen-bond donors (Lipinski definition) is 1. The summed E-state index contributed by atoms with van der Waals surface area (Å²) in [5, 5.41) is 3.03. The molecule has 1 atom stereocenters. The van der Waals surface area contributed by atoms with Gasteiger partial charge in [-0.1, -0.05) is 18.2 Å². The highest BCUT2D eigenvalue weighted by molar-refractivity contribution is 7.09. The monoisotopic (exact) mass is 285 g/mol. The first kappa shape index (κ1) is 12.1. The number of anilines is 1. The van der Waals surface area contributed by atoms with Gasteiger partial charge >= 0.3 is 0 Å². The first-order chi connectivity index (χ1) is 9.78. The molecule has 0 aliphatic carbocycles. The van der Waals surface area contributed by atoms with E-state index < -0.39 is 0 Å². The van der Waals surface area contributed by atoms with Crippen molar-refractivity contribution in [2.75, 3.05) is 18.4 Å². The molecule has 1 aromatic carbocycles. The van der Waals surface area contributed by atoms with Crippen LogP contribution in [0.25, 0.3) is 0 Å². The van der Waals surface area contributed by atoms with E-state index in [2.05, 4.69) is 21.3 Å². The molecule has 4 nitrogen and oxygen atoms in total. The zero-order valence-corrected chi connectivity index (χ0v) is 11.8. The number of amides is 1. The molecular formula is C15H15N3OS. The van der Waals surface area contributed by atoms with Crippen LogP contribution in [0.1, 0.15) is 16.9 Å². The van der Waals surface area contributed by atoms with Crippen LogP contribution in [0.2, 0.25) is 0 Å². The molecule has 1 fully saturated rings. The lowest BCUT2D eigenvalue weighted by Gasteiger charge is -2.22. The van der Waals surface area contributed by atoms with Gasteiger partial charge in [-0.2, -0.15) is 0 Å². The van der Waals surface area contributed by atoms with Crippen molar-refractivity contribution in [2.45, 2.75) is 18.4 Å². The van der Waals surface area contributed by atoms with Crippen molar-refractivity contribution in [3.05, 3.63) is 46.4 Å². The number of carbonyl (C=O) groups excluding carboxylic acids is 1.